The fourth-order valence-electron chi connectivity index (χ4n) is 3.67. The third-order valence-electron chi connectivity index (χ3n) is 4.65. The average Bonchev–Trinajstić information content (AvgIpc) is 3.03. The molecule has 0 radical (unpaired) electrons. The number of hydrogen-bond donors (Lipinski definition) is 2. The Balaban J connectivity index is 0.00000110. The molecule has 0 aromatic carbocycles. The van der Waals surface area contributed by atoms with Gasteiger partial charge in [-0.15, -0.1) is 36.2 Å². The number of rotatable bonds is 3. The maximum absolute atomic E-state index is 12.4. The van der Waals surface area contributed by atoms with Gasteiger partial charge in [-0.25, -0.2) is 4.98 Å². The summed E-state index contributed by atoms with van der Waals surface area (Å²) in [5.41, 5.74) is 6.21. The predicted octanol–water partition coefficient (Wildman–Crippen LogP) is 2.85. The second-order valence-corrected chi connectivity index (χ2v) is 7.24. The molecule has 1 amide bonds. The van der Waals surface area contributed by atoms with E-state index in [1.807, 2.05) is 20.0 Å². The highest BCUT2D eigenvalue weighted by Gasteiger charge is 2.49. The molecule has 21 heavy (non-hydrogen) atoms. The summed E-state index contributed by atoms with van der Waals surface area (Å²) in [5.74, 6) is 1.21. The van der Waals surface area contributed by atoms with Gasteiger partial charge in [0.1, 0.15) is 5.01 Å². The Bertz CT molecular complexity index is 494. The molecule has 5 unspecified atom stereocenters. The molecule has 0 spiro atoms. The minimum atomic E-state index is -0.0162. The van der Waals surface area contributed by atoms with Crippen molar-refractivity contribution in [3.05, 3.63) is 16.1 Å². The fourth-order valence-corrected chi connectivity index (χ4v) is 4.44. The van der Waals surface area contributed by atoms with E-state index in [9.17, 15) is 4.79 Å². The first-order valence-corrected chi connectivity index (χ1v) is 7.86. The summed E-state index contributed by atoms with van der Waals surface area (Å²) in [6, 6.07) is 0.0431. The lowest BCUT2D eigenvalue weighted by atomic mass is 9.84. The minimum Gasteiger partial charge on any atom is -0.347 e. The zero-order chi connectivity index (χ0) is 13.6. The number of halogens is 2. The maximum atomic E-state index is 12.4. The van der Waals surface area contributed by atoms with Crippen LogP contribution in [0.3, 0.4) is 0 Å². The second-order valence-electron chi connectivity index (χ2n) is 5.98. The van der Waals surface area contributed by atoms with E-state index in [1.165, 1.54) is 17.7 Å². The number of nitrogens with two attached hydrogens (primary N) is 1. The Morgan fingerprint density at radius 2 is 2.10 bits per heavy atom. The monoisotopic (exact) mass is 351 g/mol. The number of carbonyl (C=O) groups is 1. The van der Waals surface area contributed by atoms with Gasteiger partial charge in [-0.1, -0.05) is 0 Å². The highest BCUT2D eigenvalue weighted by molar-refractivity contribution is 7.11. The van der Waals surface area contributed by atoms with Crippen LogP contribution in [0.2, 0.25) is 0 Å². The first-order valence-electron chi connectivity index (χ1n) is 7.04. The molecule has 2 fully saturated rings. The SMILES string of the molecule is Cc1cnc(C(C)NC(=O)C2C3CCC(C3)C2N)s1.Cl.Cl. The van der Waals surface area contributed by atoms with Crippen molar-refractivity contribution in [2.75, 3.05) is 0 Å². The van der Waals surface area contributed by atoms with E-state index >= 15 is 0 Å². The summed E-state index contributed by atoms with van der Waals surface area (Å²) in [5, 5.41) is 4.07. The van der Waals surface area contributed by atoms with Crippen molar-refractivity contribution in [2.24, 2.45) is 23.5 Å². The smallest absolute Gasteiger partial charge is 0.225 e. The van der Waals surface area contributed by atoms with Crippen LogP contribution in [0.4, 0.5) is 0 Å². The minimum absolute atomic E-state index is 0. The zero-order valence-corrected chi connectivity index (χ0v) is 14.7. The summed E-state index contributed by atoms with van der Waals surface area (Å²) in [4.78, 5) is 17.9. The molecule has 2 bridgehead atoms. The number of amides is 1. The van der Waals surface area contributed by atoms with Crippen molar-refractivity contribution >= 4 is 42.1 Å². The quantitative estimate of drug-likeness (QED) is 0.879. The van der Waals surface area contributed by atoms with Gasteiger partial charge in [0.15, 0.2) is 0 Å². The fraction of sp³-hybridized carbons (Fsp3) is 0.714. The van der Waals surface area contributed by atoms with Crippen LogP contribution in [-0.2, 0) is 4.79 Å². The molecule has 5 atom stereocenters. The number of hydrogen-bond acceptors (Lipinski definition) is 4. The van der Waals surface area contributed by atoms with Crippen LogP contribution in [0.1, 0.15) is 42.1 Å². The second kappa shape index (κ2) is 7.27. The highest BCUT2D eigenvalue weighted by Crippen LogP contribution is 2.47. The maximum Gasteiger partial charge on any atom is 0.225 e. The lowest BCUT2D eigenvalue weighted by Gasteiger charge is -2.28. The number of nitrogens with zero attached hydrogens (tertiary/aromatic N) is 1. The van der Waals surface area contributed by atoms with Gasteiger partial charge in [-0.3, -0.25) is 4.79 Å². The van der Waals surface area contributed by atoms with E-state index in [0.717, 1.165) is 11.4 Å². The Morgan fingerprint density at radius 1 is 1.43 bits per heavy atom. The number of carbonyl (C=O) groups excluding carboxylic acids is 1. The first kappa shape index (κ1) is 18.7. The largest absolute Gasteiger partial charge is 0.347 e. The van der Waals surface area contributed by atoms with Crippen LogP contribution in [-0.4, -0.2) is 16.9 Å². The molecule has 3 rings (SSSR count). The van der Waals surface area contributed by atoms with Gasteiger partial charge in [0.05, 0.1) is 12.0 Å². The van der Waals surface area contributed by atoms with Crippen molar-refractivity contribution in [1.82, 2.24) is 10.3 Å². The van der Waals surface area contributed by atoms with E-state index in [2.05, 4.69) is 10.3 Å². The Kier molecular flexibility index (Phi) is 6.47. The molecule has 2 aliphatic carbocycles. The molecule has 3 N–H and O–H groups in total. The van der Waals surface area contributed by atoms with Gasteiger partial charge in [0.25, 0.3) is 0 Å². The molecule has 1 aromatic rings. The van der Waals surface area contributed by atoms with Crippen LogP contribution in [0.25, 0.3) is 0 Å². The molecule has 120 valence electrons. The van der Waals surface area contributed by atoms with Crippen LogP contribution >= 0.6 is 36.2 Å². The molecule has 1 aromatic heterocycles. The zero-order valence-electron chi connectivity index (χ0n) is 12.2. The van der Waals surface area contributed by atoms with E-state index in [0.29, 0.717) is 11.8 Å². The van der Waals surface area contributed by atoms with E-state index in [1.54, 1.807) is 11.3 Å². The summed E-state index contributed by atoms with van der Waals surface area (Å²) in [7, 11) is 0. The van der Waals surface area contributed by atoms with E-state index in [4.69, 9.17) is 5.73 Å². The summed E-state index contributed by atoms with van der Waals surface area (Å²) >= 11 is 1.64. The molecular weight excluding hydrogens is 329 g/mol. The third kappa shape index (κ3) is 3.52. The van der Waals surface area contributed by atoms with E-state index in [-0.39, 0.29) is 48.7 Å². The lowest BCUT2D eigenvalue weighted by Crippen LogP contribution is -2.45. The van der Waals surface area contributed by atoms with Crippen LogP contribution in [0.15, 0.2) is 6.20 Å². The first-order chi connectivity index (χ1) is 9.06. The molecule has 7 heteroatoms. The Hall–Kier alpha value is -0.360. The van der Waals surface area contributed by atoms with E-state index < -0.39 is 0 Å². The molecular formula is C14H23Cl2N3OS. The van der Waals surface area contributed by atoms with Gasteiger partial charge in [-0.2, -0.15) is 0 Å². The normalized spacial score (nSPS) is 31.2. The lowest BCUT2D eigenvalue weighted by molar-refractivity contribution is -0.127. The highest BCUT2D eigenvalue weighted by atomic mass is 35.5. The number of aryl methyl sites for hydroxylation is 1. The molecule has 4 nitrogen and oxygen atoms in total. The van der Waals surface area contributed by atoms with Crippen molar-refractivity contribution in [1.29, 1.82) is 0 Å². The standard InChI is InChI=1S/C14H21N3OS.2ClH/c1-7-6-16-14(19-7)8(2)17-13(18)11-9-3-4-10(5-9)12(11)15;;/h6,8-12H,3-5,15H2,1-2H3,(H,17,18);2*1H. The molecule has 2 aliphatic rings. The van der Waals surface area contributed by atoms with Crippen LogP contribution < -0.4 is 11.1 Å². The van der Waals surface area contributed by atoms with Gasteiger partial charge < -0.3 is 11.1 Å². The van der Waals surface area contributed by atoms with Crippen LogP contribution in [0.5, 0.6) is 0 Å². The molecule has 0 aliphatic heterocycles. The number of thiazole rings is 1. The van der Waals surface area contributed by atoms with Gasteiger partial charge in [-0.05, 0) is 44.9 Å². The summed E-state index contributed by atoms with van der Waals surface area (Å²) in [6.45, 7) is 4.02. The number of fused-ring (bicyclic) bond motifs is 2. The summed E-state index contributed by atoms with van der Waals surface area (Å²) < 4.78 is 0. The summed E-state index contributed by atoms with van der Waals surface area (Å²) in [6.07, 6.45) is 5.37. The average molecular weight is 352 g/mol. The predicted molar refractivity (Wildman–Crippen MR) is 90.2 cm³/mol. The van der Waals surface area contributed by atoms with Gasteiger partial charge in [0, 0.05) is 17.1 Å². The number of aromatic nitrogens is 1. The van der Waals surface area contributed by atoms with Crippen molar-refractivity contribution in [2.45, 2.75) is 45.2 Å². The van der Waals surface area contributed by atoms with Gasteiger partial charge in [0.2, 0.25) is 5.91 Å². The van der Waals surface area contributed by atoms with Crippen LogP contribution in [0, 0.1) is 24.7 Å². The molecule has 1 heterocycles. The number of nitrogens with one attached hydrogen (secondary N) is 1. The van der Waals surface area contributed by atoms with Crippen molar-refractivity contribution in [3.63, 3.8) is 0 Å². The van der Waals surface area contributed by atoms with Crippen molar-refractivity contribution in [3.8, 4) is 0 Å². The topological polar surface area (TPSA) is 68.0 Å². The molecule has 0 saturated heterocycles. The Labute approximate surface area is 142 Å². The van der Waals surface area contributed by atoms with Crippen molar-refractivity contribution < 1.29 is 4.79 Å². The third-order valence-corrected chi connectivity index (χ3v) is 5.75. The molecule has 2 saturated carbocycles. The van der Waals surface area contributed by atoms with Gasteiger partial charge >= 0.3 is 0 Å². The Morgan fingerprint density at radius 3 is 2.62 bits per heavy atom.